The minimum Gasteiger partial charge on any atom is -0.478 e. The van der Waals surface area contributed by atoms with Gasteiger partial charge in [0.1, 0.15) is 17.9 Å². The number of amides is 1. The molecule has 144 valence electrons. The van der Waals surface area contributed by atoms with Gasteiger partial charge < -0.3 is 25.4 Å². The van der Waals surface area contributed by atoms with E-state index in [2.05, 4.69) is 10.3 Å². The predicted octanol–water partition coefficient (Wildman–Crippen LogP) is 2.14. The van der Waals surface area contributed by atoms with E-state index in [-0.39, 0.29) is 35.9 Å². The maximum absolute atomic E-state index is 11.6. The molecule has 2 unspecified atom stereocenters. The number of nitrogens with zero attached hydrogens (tertiary/aromatic N) is 1. The summed E-state index contributed by atoms with van der Waals surface area (Å²) in [5, 5.41) is 31.4. The topological polar surface area (TPSA) is 129 Å². The van der Waals surface area contributed by atoms with E-state index in [1.807, 2.05) is 30.3 Å². The molecule has 4 N–H and O–H groups in total. The monoisotopic (exact) mass is 394 g/mol. The van der Waals surface area contributed by atoms with Gasteiger partial charge in [0.25, 0.3) is 0 Å². The molecule has 0 radical (unpaired) electrons. The summed E-state index contributed by atoms with van der Waals surface area (Å²) in [6, 6.07) is 10.3. The molecular formula is C18H19ClN2O6. The van der Waals surface area contributed by atoms with Crippen molar-refractivity contribution in [2.24, 2.45) is 0 Å². The molecule has 0 aliphatic rings. The van der Waals surface area contributed by atoms with E-state index in [1.54, 1.807) is 0 Å². The van der Waals surface area contributed by atoms with Crippen molar-refractivity contribution in [3.8, 4) is 0 Å². The molecule has 0 saturated carbocycles. The van der Waals surface area contributed by atoms with Crippen molar-refractivity contribution in [2.45, 2.75) is 25.2 Å². The SMILES string of the molecule is O=C(NCCC(O)C(O)c1cnc(Cl)c(C(=O)O)c1)OCc1ccccc1. The van der Waals surface area contributed by atoms with Crippen LogP contribution in [0.15, 0.2) is 42.6 Å². The van der Waals surface area contributed by atoms with Crippen LogP contribution in [0.5, 0.6) is 0 Å². The number of rotatable bonds is 8. The zero-order valence-electron chi connectivity index (χ0n) is 14.2. The van der Waals surface area contributed by atoms with Crippen LogP contribution in [0.4, 0.5) is 4.79 Å². The number of carboxylic acids is 1. The minimum atomic E-state index is -1.38. The van der Waals surface area contributed by atoms with Gasteiger partial charge in [-0.3, -0.25) is 0 Å². The molecule has 27 heavy (non-hydrogen) atoms. The smallest absolute Gasteiger partial charge is 0.407 e. The minimum absolute atomic E-state index is 0.0205. The predicted molar refractivity (Wildman–Crippen MR) is 96.4 cm³/mol. The largest absolute Gasteiger partial charge is 0.478 e. The van der Waals surface area contributed by atoms with Crippen molar-refractivity contribution in [1.82, 2.24) is 10.3 Å². The summed E-state index contributed by atoms with van der Waals surface area (Å²) in [5.74, 6) is -1.29. The van der Waals surface area contributed by atoms with E-state index in [0.29, 0.717) is 0 Å². The number of nitrogens with one attached hydrogen (secondary N) is 1. The van der Waals surface area contributed by atoms with Crippen LogP contribution in [0, 0.1) is 0 Å². The molecule has 1 heterocycles. The molecule has 0 saturated heterocycles. The first-order valence-electron chi connectivity index (χ1n) is 8.08. The molecule has 0 aliphatic heterocycles. The second-order valence-electron chi connectivity index (χ2n) is 5.70. The Bertz CT molecular complexity index is 787. The molecule has 0 aliphatic carbocycles. The van der Waals surface area contributed by atoms with Crippen LogP contribution in [0.25, 0.3) is 0 Å². The summed E-state index contributed by atoms with van der Waals surface area (Å²) in [7, 11) is 0. The van der Waals surface area contributed by atoms with Crippen molar-refractivity contribution in [3.05, 3.63) is 64.4 Å². The Kier molecular flexibility index (Phi) is 7.54. The van der Waals surface area contributed by atoms with Gasteiger partial charge in [0.2, 0.25) is 0 Å². The summed E-state index contributed by atoms with van der Waals surface area (Å²) in [6.07, 6.45) is -2.07. The zero-order valence-corrected chi connectivity index (χ0v) is 15.0. The molecule has 1 aromatic carbocycles. The number of aromatic carboxylic acids is 1. The molecule has 2 aromatic rings. The summed E-state index contributed by atoms with van der Waals surface area (Å²) in [5.41, 5.74) is 0.673. The van der Waals surface area contributed by atoms with Crippen LogP contribution in [0.3, 0.4) is 0 Å². The average molecular weight is 395 g/mol. The third-order valence-electron chi connectivity index (χ3n) is 3.72. The van der Waals surface area contributed by atoms with E-state index in [0.717, 1.165) is 11.6 Å². The Morgan fingerprint density at radius 3 is 2.59 bits per heavy atom. The standard InChI is InChI=1S/C18H19ClN2O6/c19-16-13(17(24)25)8-12(9-21-16)15(23)14(22)6-7-20-18(26)27-10-11-4-2-1-3-5-11/h1-5,8-9,14-15,22-23H,6-7,10H2,(H,20,26)(H,24,25). The normalized spacial score (nSPS) is 12.9. The molecule has 2 rings (SSSR count). The first kappa shape index (κ1) is 20.6. The van der Waals surface area contributed by atoms with E-state index in [1.165, 1.54) is 6.20 Å². The van der Waals surface area contributed by atoms with Crippen molar-refractivity contribution in [2.75, 3.05) is 6.54 Å². The van der Waals surface area contributed by atoms with E-state index in [4.69, 9.17) is 21.4 Å². The molecule has 1 aromatic heterocycles. The summed E-state index contributed by atoms with van der Waals surface area (Å²) < 4.78 is 5.03. The number of aliphatic hydroxyl groups excluding tert-OH is 2. The van der Waals surface area contributed by atoms with Gasteiger partial charge in [-0.05, 0) is 18.1 Å². The number of benzene rings is 1. The third-order valence-corrected chi connectivity index (χ3v) is 4.02. The first-order chi connectivity index (χ1) is 12.9. The highest BCUT2D eigenvalue weighted by molar-refractivity contribution is 6.32. The zero-order chi connectivity index (χ0) is 19.8. The summed E-state index contributed by atoms with van der Waals surface area (Å²) in [4.78, 5) is 26.4. The number of carboxylic acid groups (broad SMARTS) is 1. The van der Waals surface area contributed by atoms with Crippen LogP contribution >= 0.6 is 11.6 Å². The number of aromatic nitrogens is 1. The fraction of sp³-hybridized carbons (Fsp3) is 0.278. The van der Waals surface area contributed by atoms with Gasteiger partial charge in [0.05, 0.1) is 11.7 Å². The maximum atomic E-state index is 11.6. The lowest BCUT2D eigenvalue weighted by molar-refractivity contribution is 0.0133. The lowest BCUT2D eigenvalue weighted by atomic mass is 10.0. The highest BCUT2D eigenvalue weighted by Gasteiger charge is 2.21. The number of carbonyl (C=O) groups excluding carboxylic acids is 1. The fourth-order valence-electron chi connectivity index (χ4n) is 2.25. The number of hydrogen-bond acceptors (Lipinski definition) is 6. The number of alkyl carbamates (subject to hydrolysis) is 1. The molecule has 8 nitrogen and oxygen atoms in total. The van der Waals surface area contributed by atoms with E-state index >= 15 is 0 Å². The van der Waals surface area contributed by atoms with Crippen LogP contribution in [0.1, 0.15) is 34.0 Å². The van der Waals surface area contributed by atoms with Gasteiger partial charge in [0, 0.05) is 18.3 Å². The second-order valence-corrected chi connectivity index (χ2v) is 6.06. The Morgan fingerprint density at radius 2 is 1.93 bits per heavy atom. The lowest BCUT2D eigenvalue weighted by Gasteiger charge is -2.18. The number of ether oxygens (including phenoxy) is 1. The van der Waals surface area contributed by atoms with Crippen molar-refractivity contribution in [3.63, 3.8) is 0 Å². The quantitative estimate of drug-likeness (QED) is 0.505. The molecule has 0 bridgehead atoms. The number of carbonyl (C=O) groups is 2. The molecule has 9 heteroatoms. The third kappa shape index (κ3) is 6.21. The Balaban J connectivity index is 1.79. The van der Waals surface area contributed by atoms with Crippen LogP contribution in [-0.4, -0.2) is 45.0 Å². The first-order valence-corrected chi connectivity index (χ1v) is 8.45. The van der Waals surface area contributed by atoms with Crippen molar-refractivity contribution in [1.29, 1.82) is 0 Å². The van der Waals surface area contributed by atoms with Gasteiger partial charge in [-0.15, -0.1) is 0 Å². The number of halogens is 1. The van der Waals surface area contributed by atoms with Gasteiger partial charge in [0.15, 0.2) is 0 Å². The second kappa shape index (κ2) is 9.86. The van der Waals surface area contributed by atoms with Gasteiger partial charge in [-0.2, -0.15) is 0 Å². The lowest BCUT2D eigenvalue weighted by Crippen LogP contribution is -2.29. The summed E-state index contributed by atoms with van der Waals surface area (Å²) in [6.45, 7) is 0.172. The highest BCUT2D eigenvalue weighted by atomic mass is 35.5. The number of pyridine rings is 1. The Morgan fingerprint density at radius 1 is 1.22 bits per heavy atom. The van der Waals surface area contributed by atoms with Gasteiger partial charge in [-0.25, -0.2) is 14.6 Å². The molecular weight excluding hydrogens is 376 g/mol. The molecule has 0 fully saturated rings. The number of aliphatic hydroxyl groups is 2. The maximum Gasteiger partial charge on any atom is 0.407 e. The van der Waals surface area contributed by atoms with Crippen LogP contribution < -0.4 is 5.32 Å². The van der Waals surface area contributed by atoms with E-state index in [9.17, 15) is 19.8 Å². The average Bonchev–Trinajstić information content (AvgIpc) is 2.66. The van der Waals surface area contributed by atoms with Crippen molar-refractivity contribution < 1.29 is 29.6 Å². The highest BCUT2D eigenvalue weighted by Crippen LogP contribution is 2.22. The molecule has 0 spiro atoms. The van der Waals surface area contributed by atoms with Crippen LogP contribution in [0.2, 0.25) is 5.15 Å². The van der Waals surface area contributed by atoms with E-state index < -0.39 is 24.3 Å². The van der Waals surface area contributed by atoms with Gasteiger partial charge in [-0.1, -0.05) is 41.9 Å². The Labute approximate surface area is 160 Å². The Hall–Kier alpha value is -2.68. The van der Waals surface area contributed by atoms with Crippen molar-refractivity contribution >= 4 is 23.7 Å². The molecule has 2 atom stereocenters. The molecule has 1 amide bonds. The number of hydrogen-bond donors (Lipinski definition) is 4. The van der Waals surface area contributed by atoms with Gasteiger partial charge >= 0.3 is 12.1 Å². The fourth-order valence-corrected chi connectivity index (χ4v) is 2.44. The summed E-state index contributed by atoms with van der Waals surface area (Å²) >= 11 is 5.67. The van der Waals surface area contributed by atoms with Crippen LogP contribution in [-0.2, 0) is 11.3 Å².